The van der Waals surface area contributed by atoms with Crippen LogP contribution < -0.4 is 5.32 Å². The Morgan fingerprint density at radius 3 is 2.74 bits per heavy atom. The summed E-state index contributed by atoms with van der Waals surface area (Å²) in [7, 11) is 0. The first-order valence-electron chi connectivity index (χ1n) is 8.63. The molecule has 0 saturated carbocycles. The monoisotopic (exact) mass is 404 g/mol. The molecule has 2 heterocycles. The molecule has 27 heavy (non-hydrogen) atoms. The molecule has 0 radical (unpaired) electrons. The Balaban J connectivity index is 1.87. The van der Waals surface area contributed by atoms with Gasteiger partial charge in [-0.25, -0.2) is 0 Å². The van der Waals surface area contributed by atoms with Crippen LogP contribution in [0.1, 0.15) is 32.1 Å². The molecule has 1 aliphatic heterocycles. The smallest absolute Gasteiger partial charge is 0.262 e. The van der Waals surface area contributed by atoms with E-state index < -0.39 is 5.54 Å². The molecular weight excluding hydrogens is 384 g/mol. The summed E-state index contributed by atoms with van der Waals surface area (Å²) in [6.45, 7) is 5.39. The molecule has 3 rings (SSSR count). The Morgan fingerprint density at radius 2 is 2.11 bits per heavy atom. The number of allylic oxidation sites excluding steroid dienone is 1. The number of halogens is 1. The number of anilines is 1. The molecule has 5 nitrogen and oxygen atoms in total. The number of nitrogens with one attached hydrogen (secondary N) is 1. The number of ether oxygens (including phenoxy) is 1. The standard InChI is InChI=1S/C20H21ClN2O3S/c1-4-15-17(16-9-6-10-27-16)18(24)23(12-26-15)20(2,3)19(25)22-14-8-5-7-13(21)11-14/h5-11H,4,12H2,1-3H3,(H,22,25). The summed E-state index contributed by atoms with van der Waals surface area (Å²) in [5.41, 5.74) is -0.00197. The van der Waals surface area contributed by atoms with Gasteiger partial charge in [-0.05, 0) is 43.5 Å². The summed E-state index contributed by atoms with van der Waals surface area (Å²) in [6, 6.07) is 10.7. The van der Waals surface area contributed by atoms with E-state index >= 15 is 0 Å². The van der Waals surface area contributed by atoms with Gasteiger partial charge in [-0.3, -0.25) is 14.5 Å². The second-order valence-corrected chi connectivity index (χ2v) is 8.04. The SMILES string of the molecule is CCC1=C(c2cccs2)C(=O)N(C(C)(C)C(=O)Nc2cccc(Cl)c2)CO1. The maximum absolute atomic E-state index is 13.2. The van der Waals surface area contributed by atoms with Crippen LogP contribution in [0.3, 0.4) is 0 Å². The highest BCUT2D eigenvalue weighted by atomic mass is 35.5. The Morgan fingerprint density at radius 1 is 1.33 bits per heavy atom. The molecule has 0 fully saturated rings. The van der Waals surface area contributed by atoms with Crippen LogP contribution >= 0.6 is 22.9 Å². The van der Waals surface area contributed by atoms with Gasteiger partial charge >= 0.3 is 0 Å². The van der Waals surface area contributed by atoms with Gasteiger partial charge in [0.15, 0.2) is 6.73 Å². The molecular formula is C20H21ClN2O3S. The van der Waals surface area contributed by atoms with E-state index in [1.807, 2.05) is 24.4 Å². The number of hydrogen-bond donors (Lipinski definition) is 1. The minimum atomic E-state index is -1.11. The molecule has 1 aliphatic rings. The fourth-order valence-corrected chi connectivity index (χ4v) is 3.83. The van der Waals surface area contributed by atoms with Gasteiger partial charge in [-0.15, -0.1) is 11.3 Å². The largest absolute Gasteiger partial charge is 0.476 e. The van der Waals surface area contributed by atoms with Crippen LogP contribution in [0.15, 0.2) is 47.5 Å². The molecule has 2 amide bonds. The fraction of sp³-hybridized carbons (Fsp3) is 0.300. The van der Waals surface area contributed by atoms with Crippen molar-refractivity contribution >= 4 is 46.0 Å². The predicted octanol–water partition coefficient (Wildman–Crippen LogP) is 4.76. The number of benzene rings is 1. The zero-order valence-electron chi connectivity index (χ0n) is 15.4. The summed E-state index contributed by atoms with van der Waals surface area (Å²) in [4.78, 5) is 28.5. The Labute approximate surface area is 167 Å². The first kappa shape index (κ1) is 19.5. The van der Waals surface area contributed by atoms with E-state index in [9.17, 15) is 9.59 Å². The maximum Gasteiger partial charge on any atom is 0.262 e. The third-order valence-electron chi connectivity index (χ3n) is 4.51. The lowest BCUT2D eigenvalue weighted by Crippen LogP contribution is -2.57. The highest BCUT2D eigenvalue weighted by molar-refractivity contribution is 7.11. The molecule has 7 heteroatoms. The number of thiophene rings is 1. The molecule has 0 aliphatic carbocycles. The van der Waals surface area contributed by atoms with E-state index in [2.05, 4.69) is 5.32 Å². The lowest BCUT2D eigenvalue weighted by Gasteiger charge is -2.40. The number of nitrogens with zero attached hydrogens (tertiary/aromatic N) is 1. The lowest BCUT2D eigenvalue weighted by molar-refractivity contribution is -0.147. The van der Waals surface area contributed by atoms with Gasteiger partial charge < -0.3 is 10.1 Å². The number of hydrogen-bond acceptors (Lipinski definition) is 4. The first-order valence-corrected chi connectivity index (χ1v) is 9.89. The van der Waals surface area contributed by atoms with Crippen molar-refractivity contribution in [2.45, 2.75) is 32.7 Å². The molecule has 142 valence electrons. The Kier molecular flexibility index (Phi) is 5.58. The van der Waals surface area contributed by atoms with Crippen LogP contribution in [0.4, 0.5) is 5.69 Å². The van der Waals surface area contributed by atoms with Crippen molar-refractivity contribution in [1.82, 2.24) is 4.90 Å². The van der Waals surface area contributed by atoms with E-state index in [-0.39, 0.29) is 18.5 Å². The quantitative estimate of drug-likeness (QED) is 0.781. The van der Waals surface area contributed by atoms with Crippen molar-refractivity contribution in [2.75, 3.05) is 12.0 Å². The summed E-state index contributed by atoms with van der Waals surface area (Å²) < 4.78 is 5.84. The van der Waals surface area contributed by atoms with Crippen molar-refractivity contribution in [1.29, 1.82) is 0 Å². The molecule has 1 aromatic heterocycles. The molecule has 0 saturated heterocycles. The number of carbonyl (C=O) groups is 2. The van der Waals surface area contributed by atoms with Crippen LogP contribution in [-0.2, 0) is 14.3 Å². The van der Waals surface area contributed by atoms with Gasteiger partial charge in [0.05, 0.1) is 5.57 Å². The average Bonchev–Trinajstić information content (AvgIpc) is 3.15. The molecule has 0 spiro atoms. The van der Waals surface area contributed by atoms with Crippen LogP contribution in [0.2, 0.25) is 5.02 Å². The minimum absolute atomic E-state index is 0.0346. The molecule has 1 aromatic carbocycles. The van der Waals surface area contributed by atoms with Gasteiger partial charge in [-0.2, -0.15) is 0 Å². The minimum Gasteiger partial charge on any atom is -0.476 e. The van der Waals surface area contributed by atoms with Crippen molar-refractivity contribution in [2.24, 2.45) is 0 Å². The van der Waals surface area contributed by atoms with E-state index in [1.54, 1.807) is 38.1 Å². The molecule has 1 N–H and O–H groups in total. The normalized spacial score (nSPS) is 15.0. The zero-order chi connectivity index (χ0) is 19.6. The number of carbonyl (C=O) groups excluding carboxylic acids is 2. The van der Waals surface area contributed by atoms with Crippen molar-refractivity contribution in [3.63, 3.8) is 0 Å². The number of amides is 2. The van der Waals surface area contributed by atoms with E-state index in [4.69, 9.17) is 16.3 Å². The van der Waals surface area contributed by atoms with Crippen LogP contribution in [0.25, 0.3) is 5.57 Å². The van der Waals surface area contributed by atoms with Crippen molar-refractivity contribution in [3.8, 4) is 0 Å². The van der Waals surface area contributed by atoms with Crippen LogP contribution in [0.5, 0.6) is 0 Å². The maximum atomic E-state index is 13.2. The molecule has 0 unspecified atom stereocenters. The second kappa shape index (κ2) is 7.74. The Hall–Kier alpha value is -2.31. The van der Waals surface area contributed by atoms with Gasteiger partial charge in [0, 0.05) is 22.0 Å². The molecule has 0 bridgehead atoms. The molecule has 0 atom stereocenters. The summed E-state index contributed by atoms with van der Waals surface area (Å²) in [5, 5.41) is 5.27. The van der Waals surface area contributed by atoms with Gasteiger partial charge in [0.2, 0.25) is 5.91 Å². The summed E-state index contributed by atoms with van der Waals surface area (Å²) >= 11 is 7.46. The average molecular weight is 405 g/mol. The van der Waals surface area contributed by atoms with Crippen LogP contribution in [0, 0.1) is 0 Å². The van der Waals surface area contributed by atoms with E-state index in [0.29, 0.717) is 28.5 Å². The second-order valence-electron chi connectivity index (χ2n) is 6.66. The van der Waals surface area contributed by atoms with Crippen LogP contribution in [-0.4, -0.2) is 29.0 Å². The van der Waals surface area contributed by atoms with Gasteiger partial charge in [0.1, 0.15) is 11.3 Å². The van der Waals surface area contributed by atoms with Crippen molar-refractivity contribution < 1.29 is 14.3 Å². The fourth-order valence-electron chi connectivity index (χ4n) is 2.86. The summed E-state index contributed by atoms with van der Waals surface area (Å²) in [6.07, 6.45) is 0.613. The third kappa shape index (κ3) is 3.87. The predicted molar refractivity (Wildman–Crippen MR) is 108 cm³/mol. The Bertz CT molecular complexity index is 890. The third-order valence-corrected chi connectivity index (χ3v) is 5.63. The highest BCUT2D eigenvalue weighted by Gasteiger charge is 2.42. The lowest BCUT2D eigenvalue weighted by atomic mass is 9.98. The summed E-state index contributed by atoms with van der Waals surface area (Å²) in [5.74, 6) is 0.142. The first-order chi connectivity index (χ1) is 12.8. The van der Waals surface area contributed by atoms with E-state index in [0.717, 1.165) is 4.88 Å². The van der Waals surface area contributed by atoms with Gasteiger partial charge in [-0.1, -0.05) is 30.7 Å². The highest BCUT2D eigenvalue weighted by Crippen LogP contribution is 2.34. The number of rotatable bonds is 5. The van der Waals surface area contributed by atoms with Gasteiger partial charge in [0.25, 0.3) is 5.91 Å². The van der Waals surface area contributed by atoms with Crippen molar-refractivity contribution in [3.05, 3.63) is 57.4 Å². The zero-order valence-corrected chi connectivity index (χ0v) is 17.0. The topological polar surface area (TPSA) is 58.6 Å². The van der Waals surface area contributed by atoms with E-state index in [1.165, 1.54) is 16.2 Å². The molecule has 2 aromatic rings.